The Morgan fingerprint density at radius 2 is 1.82 bits per heavy atom. The van der Waals surface area contributed by atoms with Crippen molar-refractivity contribution in [2.75, 3.05) is 39.4 Å². The molecule has 0 aromatic rings. The van der Waals surface area contributed by atoms with Gasteiger partial charge in [0.25, 0.3) is 10.2 Å². The Hall–Kier alpha value is -0.210. The van der Waals surface area contributed by atoms with Gasteiger partial charge in [-0.3, -0.25) is 0 Å². The van der Waals surface area contributed by atoms with Crippen molar-refractivity contribution in [2.45, 2.75) is 25.3 Å². The molecule has 2 saturated heterocycles. The Morgan fingerprint density at radius 1 is 1.24 bits per heavy atom. The molecule has 2 heterocycles. The summed E-state index contributed by atoms with van der Waals surface area (Å²) >= 11 is 0. The second kappa shape index (κ2) is 5.19. The number of rotatable bonds is 3. The Labute approximate surface area is 103 Å². The minimum atomic E-state index is -3.35. The average molecular weight is 263 g/mol. The molecule has 100 valence electrons. The summed E-state index contributed by atoms with van der Waals surface area (Å²) < 4.78 is 34.0. The van der Waals surface area contributed by atoms with Crippen molar-refractivity contribution in [3.05, 3.63) is 0 Å². The van der Waals surface area contributed by atoms with Crippen LogP contribution in [0, 0.1) is 0 Å². The van der Waals surface area contributed by atoms with Gasteiger partial charge in [-0.2, -0.15) is 17.4 Å². The van der Waals surface area contributed by atoms with E-state index in [0.29, 0.717) is 26.3 Å². The number of hydrogen-bond donors (Lipinski definition) is 2. The molecule has 2 aliphatic heterocycles. The van der Waals surface area contributed by atoms with Crippen LogP contribution in [0.4, 0.5) is 0 Å². The van der Waals surface area contributed by atoms with E-state index in [1.54, 1.807) is 0 Å². The van der Waals surface area contributed by atoms with Gasteiger partial charge in [0.05, 0.1) is 0 Å². The van der Waals surface area contributed by atoms with E-state index in [-0.39, 0.29) is 5.54 Å². The average Bonchev–Trinajstić information content (AvgIpc) is 2.30. The van der Waals surface area contributed by atoms with Gasteiger partial charge >= 0.3 is 0 Å². The lowest BCUT2D eigenvalue weighted by molar-refractivity contribution is 0.0530. The molecule has 0 aromatic heterocycles. The van der Waals surface area contributed by atoms with Crippen molar-refractivity contribution in [1.82, 2.24) is 14.3 Å². The van der Waals surface area contributed by atoms with Crippen LogP contribution >= 0.6 is 0 Å². The fraction of sp³-hybridized carbons (Fsp3) is 1.00. The molecular weight excluding hydrogens is 242 g/mol. The molecule has 2 fully saturated rings. The molecule has 2 aliphatic rings. The summed E-state index contributed by atoms with van der Waals surface area (Å²) in [6, 6.07) is 0. The smallest absolute Gasteiger partial charge is 0.280 e. The summed E-state index contributed by atoms with van der Waals surface area (Å²) in [5.41, 5.74) is -0.359. The standard InChI is InChI=1S/C10H21N3O3S/c1-10(2-8-16-9-3-10)12-17(14,15)13-6-4-11-5-7-13/h11-12H,2-9H2,1H3. The normalized spacial score (nSPS) is 26.9. The van der Waals surface area contributed by atoms with Crippen LogP contribution in [-0.2, 0) is 14.9 Å². The van der Waals surface area contributed by atoms with Crippen LogP contribution < -0.4 is 10.0 Å². The predicted octanol–water partition coefficient (Wildman–Crippen LogP) is -0.705. The molecule has 0 amide bonds. The van der Waals surface area contributed by atoms with Gasteiger partial charge in [-0.1, -0.05) is 0 Å². The van der Waals surface area contributed by atoms with Crippen molar-refractivity contribution in [2.24, 2.45) is 0 Å². The van der Waals surface area contributed by atoms with E-state index in [4.69, 9.17) is 4.74 Å². The molecule has 0 radical (unpaired) electrons. The van der Waals surface area contributed by atoms with Crippen molar-refractivity contribution in [1.29, 1.82) is 0 Å². The van der Waals surface area contributed by atoms with Crippen LogP contribution in [0.15, 0.2) is 0 Å². The van der Waals surface area contributed by atoms with Gasteiger partial charge in [-0.15, -0.1) is 0 Å². The van der Waals surface area contributed by atoms with E-state index >= 15 is 0 Å². The zero-order valence-corrected chi connectivity index (χ0v) is 11.1. The maximum Gasteiger partial charge on any atom is 0.280 e. The van der Waals surface area contributed by atoms with E-state index in [2.05, 4.69) is 10.0 Å². The highest BCUT2D eigenvalue weighted by Gasteiger charge is 2.34. The Bertz CT molecular complexity index is 346. The van der Waals surface area contributed by atoms with Gasteiger partial charge in [0.1, 0.15) is 0 Å². The minimum Gasteiger partial charge on any atom is -0.381 e. The highest BCUT2D eigenvalue weighted by molar-refractivity contribution is 7.87. The molecule has 7 heteroatoms. The fourth-order valence-corrected chi connectivity index (χ4v) is 3.80. The van der Waals surface area contributed by atoms with Gasteiger partial charge in [0.2, 0.25) is 0 Å². The number of ether oxygens (including phenoxy) is 1. The molecule has 0 atom stereocenters. The first-order valence-corrected chi connectivity index (χ1v) is 7.53. The van der Waals surface area contributed by atoms with E-state index in [0.717, 1.165) is 25.9 Å². The van der Waals surface area contributed by atoms with Crippen molar-refractivity contribution >= 4 is 10.2 Å². The summed E-state index contributed by atoms with van der Waals surface area (Å²) in [5, 5.41) is 3.15. The lowest BCUT2D eigenvalue weighted by atomic mass is 9.94. The summed E-state index contributed by atoms with van der Waals surface area (Å²) in [4.78, 5) is 0. The molecular formula is C10H21N3O3S. The second-order valence-electron chi connectivity index (χ2n) is 4.93. The molecule has 2 N–H and O–H groups in total. The zero-order valence-electron chi connectivity index (χ0n) is 10.2. The molecule has 0 aromatic carbocycles. The van der Waals surface area contributed by atoms with E-state index in [1.807, 2.05) is 6.92 Å². The maximum absolute atomic E-state index is 12.2. The Morgan fingerprint density at radius 3 is 2.41 bits per heavy atom. The summed E-state index contributed by atoms with van der Waals surface area (Å²) in [5.74, 6) is 0. The number of piperazine rings is 1. The maximum atomic E-state index is 12.2. The van der Waals surface area contributed by atoms with Crippen molar-refractivity contribution in [3.8, 4) is 0 Å². The SMILES string of the molecule is CC1(NS(=O)(=O)N2CCNCC2)CCOCC1. The quantitative estimate of drug-likeness (QED) is 0.706. The van der Waals surface area contributed by atoms with E-state index in [9.17, 15) is 8.42 Å². The van der Waals surface area contributed by atoms with Crippen LogP contribution in [0.1, 0.15) is 19.8 Å². The topological polar surface area (TPSA) is 70.7 Å². The molecule has 17 heavy (non-hydrogen) atoms. The molecule has 6 nitrogen and oxygen atoms in total. The van der Waals surface area contributed by atoms with Crippen LogP contribution in [-0.4, -0.2) is 57.7 Å². The van der Waals surface area contributed by atoms with Crippen molar-refractivity contribution in [3.63, 3.8) is 0 Å². The molecule has 0 spiro atoms. The third-order valence-electron chi connectivity index (χ3n) is 3.39. The number of nitrogens with one attached hydrogen (secondary N) is 2. The van der Waals surface area contributed by atoms with Gasteiger partial charge in [0, 0.05) is 44.9 Å². The molecule has 0 unspecified atom stereocenters. The molecule has 0 bridgehead atoms. The third-order valence-corrected chi connectivity index (χ3v) is 5.18. The highest BCUT2D eigenvalue weighted by Crippen LogP contribution is 2.21. The van der Waals surface area contributed by atoms with E-state index in [1.165, 1.54) is 4.31 Å². The van der Waals surface area contributed by atoms with Crippen LogP contribution in [0.5, 0.6) is 0 Å². The van der Waals surface area contributed by atoms with E-state index < -0.39 is 10.2 Å². The molecule has 0 aliphatic carbocycles. The van der Waals surface area contributed by atoms with Gasteiger partial charge in [-0.25, -0.2) is 0 Å². The predicted molar refractivity (Wildman–Crippen MR) is 65.0 cm³/mol. The summed E-state index contributed by atoms with van der Waals surface area (Å²) in [6.07, 6.45) is 1.47. The first-order chi connectivity index (χ1) is 8.02. The second-order valence-corrected chi connectivity index (χ2v) is 6.60. The van der Waals surface area contributed by atoms with Crippen LogP contribution in [0.2, 0.25) is 0 Å². The molecule has 0 saturated carbocycles. The largest absolute Gasteiger partial charge is 0.381 e. The lowest BCUT2D eigenvalue weighted by Crippen LogP contribution is -2.57. The van der Waals surface area contributed by atoms with Gasteiger partial charge in [-0.05, 0) is 19.8 Å². The van der Waals surface area contributed by atoms with Crippen LogP contribution in [0.25, 0.3) is 0 Å². The number of nitrogens with zero attached hydrogens (tertiary/aromatic N) is 1. The Balaban J connectivity index is 2.00. The monoisotopic (exact) mass is 263 g/mol. The first-order valence-electron chi connectivity index (χ1n) is 6.09. The Kier molecular flexibility index (Phi) is 4.04. The zero-order chi connectivity index (χ0) is 12.4. The molecule has 2 rings (SSSR count). The van der Waals surface area contributed by atoms with Crippen LogP contribution in [0.3, 0.4) is 0 Å². The van der Waals surface area contributed by atoms with Crippen molar-refractivity contribution < 1.29 is 13.2 Å². The van der Waals surface area contributed by atoms with Gasteiger partial charge in [0.15, 0.2) is 0 Å². The highest BCUT2D eigenvalue weighted by atomic mass is 32.2. The van der Waals surface area contributed by atoms with Gasteiger partial charge < -0.3 is 10.1 Å². The fourth-order valence-electron chi connectivity index (χ4n) is 2.18. The summed E-state index contributed by atoms with van der Waals surface area (Å²) in [7, 11) is -3.35. The third kappa shape index (κ3) is 3.38. The summed E-state index contributed by atoms with van der Waals surface area (Å²) in [6.45, 7) is 5.74. The lowest BCUT2D eigenvalue weighted by Gasteiger charge is -2.37. The first kappa shape index (κ1) is 13.2. The minimum absolute atomic E-state index is 0.359. The number of hydrogen-bond acceptors (Lipinski definition) is 4.